The van der Waals surface area contributed by atoms with Gasteiger partial charge in [-0.05, 0) is 80.2 Å². The van der Waals surface area contributed by atoms with Gasteiger partial charge in [-0.15, -0.1) is 0 Å². The number of nitrogens with one attached hydrogen (secondary N) is 2. The van der Waals surface area contributed by atoms with E-state index in [9.17, 15) is 0 Å². The second kappa shape index (κ2) is 11.6. The molecule has 2 aliphatic rings. The number of fused-ring (bicyclic) bond motifs is 2. The largest absolute Gasteiger partial charge is 0.369 e. The zero-order valence-electron chi connectivity index (χ0n) is 25.5. The second-order valence-corrected chi connectivity index (χ2v) is 12.1. The number of para-hydroxylation sites is 2. The summed E-state index contributed by atoms with van der Waals surface area (Å²) < 4.78 is 0. The maximum Gasteiger partial charge on any atom is 0.100 e. The summed E-state index contributed by atoms with van der Waals surface area (Å²) >= 11 is 0. The molecule has 0 saturated carbocycles. The molecular formula is C44H34N2. The van der Waals surface area contributed by atoms with Gasteiger partial charge in [0.05, 0.1) is 0 Å². The van der Waals surface area contributed by atoms with Crippen molar-refractivity contribution in [2.45, 2.75) is 11.1 Å². The second-order valence-electron chi connectivity index (χ2n) is 12.1. The molecule has 220 valence electrons. The number of hydrogen-bond acceptors (Lipinski definition) is 2. The topological polar surface area (TPSA) is 24.1 Å². The fraction of sp³-hybridized carbons (Fsp3) is 0.0455. The molecule has 2 aliphatic carbocycles. The van der Waals surface area contributed by atoms with Crippen molar-refractivity contribution in [3.05, 3.63) is 216 Å². The first-order chi connectivity index (χ1) is 22.7. The van der Waals surface area contributed by atoms with E-state index in [1.54, 1.807) is 0 Å². The highest BCUT2D eigenvalue weighted by atomic mass is 15.0. The number of benzene rings is 6. The molecule has 0 saturated heterocycles. The lowest BCUT2D eigenvalue weighted by Crippen LogP contribution is -2.33. The summed E-state index contributed by atoms with van der Waals surface area (Å²) in [6.07, 6.45) is 18.2. The third-order valence-corrected chi connectivity index (χ3v) is 9.14. The van der Waals surface area contributed by atoms with Gasteiger partial charge in [0.2, 0.25) is 0 Å². The van der Waals surface area contributed by atoms with Crippen LogP contribution in [0.5, 0.6) is 0 Å². The molecule has 2 heteroatoms. The van der Waals surface area contributed by atoms with E-state index in [0.29, 0.717) is 0 Å². The summed E-state index contributed by atoms with van der Waals surface area (Å²) in [7, 11) is 0. The number of rotatable bonds is 6. The summed E-state index contributed by atoms with van der Waals surface area (Å²) in [4.78, 5) is 0. The van der Waals surface area contributed by atoms with Crippen molar-refractivity contribution in [1.29, 1.82) is 0 Å². The van der Waals surface area contributed by atoms with E-state index in [0.717, 1.165) is 11.4 Å². The lowest BCUT2D eigenvalue weighted by Gasteiger charge is -2.34. The molecule has 0 atom stereocenters. The van der Waals surface area contributed by atoms with Crippen LogP contribution in [0, 0.1) is 0 Å². The SMILES string of the molecule is C1=CC(Nc2ccccc2)(c2ccc3ccccc3c2)C=CC1=C1C=CC(Nc2ccccc2)(c2ccc3ccccc3c2)C=C1. The molecule has 0 amide bonds. The van der Waals surface area contributed by atoms with Crippen molar-refractivity contribution in [2.75, 3.05) is 10.6 Å². The Hall–Kier alpha value is -5.86. The van der Waals surface area contributed by atoms with Crippen LogP contribution in [-0.4, -0.2) is 0 Å². The molecule has 0 spiro atoms. The highest BCUT2D eigenvalue weighted by Gasteiger charge is 2.31. The van der Waals surface area contributed by atoms with Crippen molar-refractivity contribution < 1.29 is 0 Å². The summed E-state index contributed by atoms with van der Waals surface area (Å²) in [5.41, 5.74) is 5.92. The Kier molecular flexibility index (Phi) is 6.96. The van der Waals surface area contributed by atoms with Gasteiger partial charge in [-0.1, -0.05) is 158 Å². The van der Waals surface area contributed by atoms with Crippen LogP contribution in [0.2, 0.25) is 0 Å². The lowest BCUT2D eigenvalue weighted by molar-refractivity contribution is 0.768. The van der Waals surface area contributed by atoms with Crippen molar-refractivity contribution in [3.8, 4) is 0 Å². The summed E-state index contributed by atoms with van der Waals surface area (Å²) in [6, 6.07) is 51.5. The first-order valence-electron chi connectivity index (χ1n) is 15.8. The monoisotopic (exact) mass is 590 g/mol. The van der Waals surface area contributed by atoms with Crippen LogP contribution >= 0.6 is 0 Å². The lowest BCUT2D eigenvalue weighted by atomic mass is 9.80. The van der Waals surface area contributed by atoms with Crippen LogP contribution < -0.4 is 10.6 Å². The molecule has 8 rings (SSSR count). The standard InChI is InChI=1S/C44H34N2/c1-3-15-41(16-4-1)45-43(39-21-19-33-11-7-9-13-37(33)31-39)27-23-35(24-28-43)36-25-29-44(30-26-36,46-42-17-5-2-6-18-42)40-22-20-34-12-8-10-14-38(34)32-40/h1-32,45-46H. The van der Waals surface area contributed by atoms with Crippen molar-refractivity contribution in [2.24, 2.45) is 0 Å². The smallest absolute Gasteiger partial charge is 0.100 e. The molecule has 0 unspecified atom stereocenters. The molecule has 6 aromatic rings. The minimum absolute atomic E-state index is 0.485. The van der Waals surface area contributed by atoms with Gasteiger partial charge in [0.25, 0.3) is 0 Å². The molecule has 2 N–H and O–H groups in total. The van der Waals surface area contributed by atoms with Gasteiger partial charge >= 0.3 is 0 Å². The van der Waals surface area contributed by atoms with Crippen molar-refractivity contribution in [3.63, 3.8) is 0 Å². The molecule has 2 nitrogen and oxygen atoms in total. The highest BCUT2D eigenvalue weighted by Crippen LogP contribution is 2.39. The van der Waals surface area contributed by atoms with Crippen molar-refractivity contribution in [1.82, 2.24) is 0 Å². The fourth-order valence-electron chi connectivity index (χ4n) is 6.60. The fourth-order valence-corrected chi connectivity index (χ4v) is 6.60. The summed E-state index contributed by atoms with van der Waals surface area (Å²) in [5, 5.41) is 12.6. The van der Waals surface area contributed by atoms with Crippen LogP contribution in [0.3, 0.4) is 0 Å². The van der Waals surface area contributed by atoms with Crippen LogP contribution in [0.4, 0.5) is 11.4 Å². The van der Waals surface area contributed by atoms with Gasteiger partial charge in [0.15, 0.2) is 0 Å². The third-order valence-electron chi connectivity index (χ3n) is 9.14. The zero-order chi connectivity index (χ0) is 30.8. The van der Waals surface area contributed by atoms with Gasteiger partial charge in [0, 0.05) is 11.4 Å². The molecule has 46 heavy (non-hydrogen) atoms. The molecule has 0 fully saturated rings. The first kappa shape index (κ1) is 27.7. The Labute approximate surface area is 270 Å². The third kappa shape index (κ3) is 5.25. The Balaban J connectivity index is 1.17. The molecular weight excluding hydrogens is 556 g/mol. The molecule has 0 radical (unpaired) electrons. The minimum Gasteiger partial charge on any atom is -0.369 e. The average molecular weight is 591 g/mol. The predicted octanol–water partition coefficient (Wildman–Crippen LogP) is 10.9. The van der Waals surface area contributed by atoms with Gasteiger partial charge < -0.3 is 10.6 Å². The Morgan fingerprint density at radius 2 is 0.674 bits per heavy atom. The Morgan fingerprint density at radius 3 is 1.07 bits per heavy atom. The van der Waals surface area contributed by atoms with Gasteiger partial charge in [0.1, 0.15) is 11.1 Å². The number of allylic oxidation sites excluding steroid dienone is 6. The highest BCUT2D eigenvalue weighted by molar-refractivity contribution is 5.85. The van der Waals surface area contributed by atoms with Gasteiger partial charge in [-0.25, -0.2) is 0 Å². The van der Waals surface area contributed by atoms with Crippen LogP contribution in [-0.2, 0) is 11.1 Å². The minimum atomic E-state index is -0.485. The van der Waals surface area contributed by atoms with E-state index >= 15 is 0 Å². The number of hydrogen-bond donors (Lipinski definition) is 2. The molecule has 0 aromatic heterocycles. The molecule has 0 heterocycles. The maximum atomic E-state index is 3.83. The Morgan fingerprint density at radius 1 is 0.326 bits per heavy atom. The van der Waals surface area contributed by atoms with E-state index in [-0.39, 0.29) is 0 Å². The summed E-state index contributed by atoms with van der Waals surface area (Å²) in [5.74, 6) is 0. The van der Waals surface area contributed by atoms with Crippen LogP contribution in [0.1, 0.15) is 11.1 Å². The number of anilines is 2. The molecule has 6 aromatic carbocycles. The van der Waals surface area contributed by atoms with E-state index in [1.165, 1.54) is 43.8 Å². The predicted molar refractivity (Wildman–Crippen MR) is 195 cm³/mol. The van der Waals surface area contributed by atoms with Crippen LogP contribution in [0.25, 0.3) is 21.5 Å². The van der Waals surface area contributed by atoms with Crippen LogP contribution in [0.15, 0.2) is 205 Å². The quantitative estimate of drug-likeness (QED) is 0.202. The van der Waals surface area contributed by atoms with E-state index in [1.807, 2.05) is 0 Å². The zero-order valence-corrected chi connectivity index (χ0v) is 25.5. The molecule has 0 aliphatic heterocycles. The van der Waals surface area contributed by atoms with E-state index in [4.69, 9.17) is 0 Å². The Bertz CT molecular complexity index is 2010. The normalized spacial score (nSPS) is 20.3. The first-order valence-corrected chi connectivity index (χ1v) is 15.8. The van der Waals surface area contributed by atoms with E-state index in [2.05, 4.69) is 205 Å². The molecule has 0 bridgehead atoms. The van der Waals surface area contributed by atoms with E-state index < -0.39 is 11.1 Å². The van der Waals surface area contributed by atoms with Crippen molar-refractivity contribution >= 4 is 32.9 Å². The maximum absolute atomic E-state index is 3.83. The average Bonchev–Trinajstić information content (AvgIpc) is 3.13. The summed E-state index contributed by atoms with van der Waals surface area (Å²) in [6.45, 7) is 0. The van der Waals surface area contributed by atoms with Gasteiger partial charge in [-0.2, -0.15) is 0 Å². The van der Waals surface area contributed by atoms with Gasteiger partial charge in [-0.3, -0.25) is 0 Å².